The summed E-state index contributed by atoms with van der Waals surface area (Å²) >= 11 is 5.11. The summed E-state index contributed by atoms with van der Waals surface area (Å²) in [4.78, 5) is 24.2. The number of alkyl halides is 3. The molecule has 0 fully saturated rings. The Morgan fingerprint density at radius 3 is 2.29 bits per heavy atom. The Balaban J connectivity index is 1.88. The summed E-state index contributed by atoms with van der Waals surface area (Å²) in [5.41, 5.74) is 0.0244. The van der Waals surface area contributed by atoms with Gasteiger partial charge in [0.25, 0.3) is 5.91 Å². The Hall–Kier alpha value is -2.94. The van der Waals surface area contributed by atoms with E-state index in [-0.39, 0.29) is 22.3 Å². The molecule has 0 radical (unpaired) electrons. The lowest BCUT2D eigenvalue weighted by molar-refractivity contribution is -0.137. The molecule has 0 aromatic heterocycles. The minimum absolute atomic E-state index is 0.0462. The van der Waals surface area contributed by atoms with Gasteiger partial charge in [-0.3, -0.25) is 9.59 Å². The number of unbranched alkanes of at least 4 members (excludes halogenated alkanes) is 3. The number of carbonyl (C=O) groups is 2. The molecule has 2 aromatic carbocycles. The van der Waals surface area contributed by atoms with E-state index in [4.69, 9.17) is 12.2 Å². The number of nitrogens with one attached hydrogen (secondary N) is 3. The van der Waals surface area contributed by atoms with Crippen LogP contribution in [-0.2, 0) is 11.0 Å². The number of thiocarbonyl (C=S) groups is 1. The maximum atomic E-state index is 12.8. The molecule has 31 heavy (non-hydrogen) atoms. The molecule has 0 unspecified atom stereocenters. The van der Waals surface area contributed by atoms with E-state index >= 15 is 0 Å². The van der Waals surface area contributed by atoms with E-state index in [1.165, 1.54) is 24.3 Å². The van der Waals surface area contributed by atoms with Crippen LogP contribution >= 0.6 is 12.2 Å². The first-order chi connectivity index (χ1) is 14.7. The predicted molar refractivity (Wildman–Crippen MR) is 119 cm³/mol. The van der Waals surface area contributed by atoms with Crippen molar-refractivity contribution in [3.63, 3.8) is 0 Å². The molecule has 0 bridgehead atoms. The van der Waals surface area contributed by atoms with Crippen LogP contribution in [-0.4, -0.2) is 16.9 Å². The zero-order chi connectivity index (χ0) is 22.9. The first kappa shape index (κ1) is 24.3. The van der Waals surface area contributed by atoms with Gasteiger partial charge in [-0.15, -0.1) is 0 Å². The maximum absolute atomic E-state index is 12.8. The van der Waals surface area contributed by atoms with Crippen molar-refractivity contribution >= 4 is 40.5 Å². The number of hydrogen-bond acceptors (Lipinski definition) is 3. The fourth-order valence-electron chi connectivity index (χ4n) is 2.75. The monoisotopic (exact) mass is 451 g/mol. The van der Waals surface area contributed by atoms with Crippen LogP contribution in [0.4, 0.5) is 24.5 Å². The molecule has 2 amide bonds. The molecule has 0 saturated heterocycles. The topological polar surface area (TPSA) is 70.2 Å². The highest BCUT2D eigenvalue weighted by atomic mass is 32.1. The second-order valence-corrected chi connectivity index (χ2v) is 7.33. The zero-order valence-electron chi connectivity index (χ0n) is 17.0. The van der Waals surface area contributed by atoms with Gasteiger partial charge in [-0.05, 0) is 61.1 Å². The van der Waals surface area contributed by atoms with Gasteiger partial charge in [0.05, 0.1) is 5.56 Å². The zero-order valence-corrected chi connectivity index (χ0v) is 17.8. The smallest absolute Gasteiger partial charge is 0.332 e. The van der Waals surface area contributed by atoms with Crippen molar-refractivity contribution in [1.82, 2.24) is 5.32 Å². The minimum Gasteiger partial charge on any atom is -0.332 e. The molecule has 166 valence electrons. The van der Waals surface area contributed by atoms with Crippen molar-refractivity contribution < 1.29 is 22.8 Å². The number of amides is 2. The highest BCUT2D eigenvalue weighted by Crippen LogP contribution is 2.30. The van der Waals surface area contributed by atoms with Crippen LogP contribution in [0.5, 0.6) is 0 Å². The van der Waals surface area contributed by atoms with E-state index in [1.807, 2.05) is 0 Å². The summed E-state index contributed by atoms with van der Waals surface area (Å²) < 4.78 is 38.4. The maximum Gasteiger partial charge on any atom is 0.416 e. The van der Waals surface area contributed by atoms with Crippen molar-refractivity contribution in [2.75, 3.05) is 10.6 Å². The molecule has 5 nitrogen and oxygen atoms in total. The Labute approximate surface area is 184 Å². The van der Waals surface area contributed by atoms with Gasteiger partial charge in [0.15, 0.2) is 5.11 Å². The van der Waals surface area contributed by atoms with E-state index in [2.05, 4.69) is 22.9 Å². The molecule has 0 heterocycles. The van der Waals surface area contributed by atoms with Crippen LogP contribution in [0.3, 0.4) is 0 Å². The van der Waals surface area contributed by atoms with Crippen LogP contribution < -0.4 is 16.0 Å². The third kappa shape index (κ3) is 8.37. The van der Waals surface area contributed by atoms with Crippen LogP contribution in [0, 0.1) is 0 Å². The molecule has 0 aliphatic rings. The molecule has 2 aromatic rings. The first-order valence-corrected chi connectivity index (χ1v) is 10.3. The quantitative estimate of drug-likeness (QED) is 0.354. The third-order valence-corrected chi connectivity index (χ3v) is 4.57. The number of benzene rings is 2. The summed E-state index contributed by atoms with van der Waals surface area (Å²) in [5.74, 6) is -0.709. The van der Waals surface area contributed by atoms with Gasteiger partial charge >= 0.3 is 6.18 Å². The van der Waals surface area contributed by atoms with Crippen LogP contribution in [0.25, 0.3) is 0 Å². The third-order valence-electron chi connectivity index (χ3n) is 4.36. The lowest BCUT2D eigenvalue weighted by Gasteiger charge is -2.11. The Morgan fingerprint density at radius 2 is 1.65 bits per heavy atom. The van der Waals surface area contributed by atoms with Crippen molar-refractivity contribution in [1.29, 1.82) is 0 Å². The second-order valence-electron chi connectivity index (χ2n) is 6.92. The summed E-state index contributed by atoms with van der Waals surface area (Å²) in [6.07, 6.45) is -0.112. The van der Waals surface area contributed by atoms with Crippen molar-refractivity contribution in [2.24, 2.45) is 0 Å². The van der Waals surface area contributed by atoms with Crippen molar-refractivity contribution in [2.45, 2.75) is 45.2 Å². The summed E-state index contributed by atoms with van der Waals surface area (Å²) in [5, 5.41) is 8.06. The minimum atomic E-state index is -4.49. The average Bonchev–Trinajstić information content (AvgIpc) is 2.71. The Bertz CT molecular complexity index is 915. The SMILES string of the molecule is CCCCCCC(=O)NC(=S)Nc1ccc(C(=O)Nc2cccc(C(F)(F)F)c2)cc1. The molecule has 2 rings (SSSR count). The molecular weight excluding hydrogens is 427 g/mol. The van der Waals surface area contributed by atoms with E-state index < -0.39 is 17.6 Å². The lowest BCUT2D eigenvalue weighted by Crippen LogP contribution is -2.33. The summed E-state index contributed by atoms with van der Waals surface area (Å²) in [6.45, 7) is 2.10. The lowest BCUT2D eigenvalue weighted by atomic mass is 10.1. The number of rotatable bonds is 8. The van der Waals surface area contributed by atoms with Gasteiger partial charge in [-0.2, -0.15) is 13.2 Å². The van der Waals surface area contributed by atoms with E-state index in [0.29, 0.717) is 12.1 Å². The highest BCUT2D eigenvalue weighted by molar-refractivity contribution is 7.80. The molecule has 0 saturated carbocycles. The van der Waals surface area contributed by atoms with Crippen LogP contribution in [0.2, 0.25) is 0 Å². The summed E-state index contributed by atoms with van der Waals surface area (Å²) in [6, 6.07) is 10.6. The van der Waals surface area contributed by atoms with E-state index in [0.717, 1.165) is 37.8 Å². The average molecular weight is 452 g/mol. The Kier molecular flexibility index (Phi) is 8.99. The predicted octanol–water partition coefficient (Wildman–Crippen LogP) is 5.74. The standard InChI is InChI=1S/C22H24F3N3O2S/c1-2-3-4-5-9-19(29)28-21(31)27-17-12-10-15(11-13-17)20(30)26-18-8-6-7-16(14-18)22(23,24)25/h6-8,10-14H,2-5,9H2,1H3,(H,26,30)(H2,27,28,29,31). The van der Waals surface area contributed by atoms with E-state index in [1.54, 1.807) is 12.1 Å². The van der Waals surface area contributed by atoms with Gasteiger partial charge in [-0.1, -0.05) is 32.3 Å². The molecule has 0 spiro atoms. The summed E-state index contributed by atoms with van der Waals surface area (Å²) in [7, 11) is 0. The van der Waals surface area contributed by atoms with Gasteiger partial charge in [0.2, 0.25) is 5.91 Å². The normalized spacial score (nSPS) is 11.0. The fraction of sp³-hybridized carbons (Fsp3) is 0.318. The number of halogens is 3. The molecule has 0 atom stereocenters. The highest BCUT2D eigenvalue weighted by Gasteiger charge is 2.30. The van der Waals surface area contributed by atoms with Gasteiger partial charge in [0, 0.05) is 23.4 Å². The van der Waals surface area contributed by atoms with Gasteiger partial charge in [0.1, 0.15) is 0 Å². The molecular formula is C22H24F3N3O2S. The van der Waals surface area contributed by atoms with Gasteiger partial charge in [-0.25, -0.2) is 0 Å². The van der Waals surface area contributed by atoms with Gasteiger partial charge < -0.3 is 16.0 Å². The van der Waals surface area contributed by atoms with Crippen molar-refractivity contribution in [3.05, 3.63) is 59.7 Å². The molecule has 9 heteroatoms. The van der Waals surface area contributed by atoms with Crippen LogP contribution in [0.15, 0.2) is 48.5 Å². The molecule has 0 aliphatic carbocycles. The number of hydrogen-bond donors (Lipinski definition) is 3. The van der Waals surface area contributed by atoms with Crippen molar-refractivity contribution in [3.8, 4) is 0 Å². The largest absolute Gasteiger partial charge is 0.416 e. The second kappa shape index (κ2) is 11.5. The fourth-order valence-corrected chi connectivity index (χ4v) is 2.98. The van der Waals surface area contributed by atoms with E-state index in [9.17, 15) is 22.8 Å². The van der Waals surface area contributed by atoms with Crippen LogP contribution in [0.1, 0.15) is 54.9 Å². The first-order valence-electron chi connectivity index (χ1n) is 9.88. The Morgan fingerprint density at radius 1 is 0.935 bits per heavy atom. The number of carbonyl (C=O) groups excluding carboxylic acids is 2. The molecule has 3 N–H and O–H groups in total. The number of anilines is 2. The molecule has 0 aliphatic heterocycles.